The van der Waals surface area contributed by atoms with Gasteiger partial charge in [0.05, 0.1) is 6.10 Å². The summed E-state index contributed by atoms with van der Waals surface area (Å²) in [4.78, 5) is 0. The molecule has 0 saturated heterocycles. The van der Waals surface area contributed by atoms with Gasteiger partial charge in [-0.15, -0.1) is 0 Å². The highest BCUT2D eigenvalue weighted by molar-refractivity contribution is 5.30. The van der Waals surface area contributed by atoms with Gasteiger partial charge in [-0.05, 0) is 17.5 Å². The van der Waals surface area contributed by atoms with Crippen LogP contribution in [0.15, 0.2) is 24.3 Å². The van der Waals surface area contributed by atoms with Crippen molar-refractivity contribution in [3.8, 4) is 0 Å². The normalized spacial score (nSPS) is 16.1. The fourth-order valence-corrected chi connectivity index (χ4v) is 3.22. The van der Waals surface area contributed by atoms with Crippen LogP contribution in [0, 0.1) is 0 Å². The van der Waals surface area contributed by atoms with Gasteiger partial charge in [0.15, 0.2) is 0 Å². The molecule has 18 heteroatoms. The standard InChI is InChI=1S/C20H17F17O/c1-3-6-10-7-4-5-8-11(10)12(38-2)9-13(21,22)14(23,24)15(25,26)16(27,28)17(29,30)18(31,32)19(33,34)20(35,36)37/h4-5,7-8,12H,3,6,9H2,1-2H3. The molecule has 38 heavy (non-hydrogen) atoms. The van der Waals surface area contributed by atoms with E-state index >= 15 is 0 Å². The van der Waals surface area contributed by atoms with Crippen LogP contribution in [0.3, 0.4) is 0 Å². The predicted octanol–water partition coefficient (Wildman–Crippen LogP) is 8.73. The van der Waals surface area contributed by atoms with Crippen LogP contribution in [0.25, 0.3) is 0 Å². The molecular weight excluding hydrogens is 579 g/mol. The molecule has 1 aromatic carbocycles. The highest BCUT2D eigenvalue weighted by Crippen LogP contribution is 2.64. The average Bonchev–Trinajstić information content (AvgIpc) is 2.76. The molecule has 0 aliphatic rings. The number of halogens is 17. The lowest BCUT2D eigenvalue weighted by Gasteiger charge is -2.43. The van der Waals surface area contributed by atoms with E-state index in [-0.39, 0.29) is 17.5 Å². The summed E-state index contributed by atoms with van der Waals surface area (Å²) in [5, 5.41) is 0. The third kappa shape index (κ3) is 5.00. The Morgan fingerprint density at radius 1 is 0.605 bits per heavy atom. The molecule has 0 heterocycles. The van der Waals surface area contributed by atoms with E-state index < -0.39 is 60.2 Å². The van der Waals surface area contributed by atoms with Gasteiger partial charge in [0.25, 0.3) is 0 Å². The molecule has 0 fully saturated rings. The summed E-state index contributed by atoms with van der Waals surface area (Å²) in [6, 6.07) is 4.66. The number of aryl methyl sites for hydroxylation is 1. The SMILES string of the molecule is CCCc1ccccc1C(CC(F)(F)C(F)(F)C(F)(F)C(F)(F)C(F)(F)C(F)(F)C(F)(F)C(F)(F)F)OC. The summed E-state index contributed by atoms with van der Waals surface area (Å²) in [5.74, 6) is -56.5. The van der Waals surface area contributed by atoms with Crippen molar-refractivity contribution >= 4 is 0 Å². The highest BCUT2D eigenvalue weighted by Gasteiger charge is 2.95. The van der Waals surface area contributed by atoms with Gasteiger partial charge >= 0.3 is 47.6 Å². The maximum atomic E-state index is 14.4. The molecule has 0 aromatic heterocycles. The van der Waals surface area contributed by atoms with E-state index in [1.165, 1.54) is 12.1 Å². The lowest BCUT2D eigenvalue weighted by molar-refractivity contribution is -0.462. The molecule has 0 saturated carbocycles. The zero-order chi connectivity index (χ0) is 30.4. The molecule has 0 aliphatic carbocycles. The summed E-state index contributed by atoms with van der Waals surface area (Å²) >= 11 is 0. The Balaban J connectivity index is 3.61. The summed E-state index contributed by atoms with van der Waals surface area (Å²) in [5.41, 5.74) is -0.261. The van der Waals surface area contributed by atoms with E-state index in [1.54, 1.807) is 6.92 Å². The molecule has 0 N–H and O–H groups in total. The van der Waals surface area contributed by atoms with Crippen molar-refractivity contribution in [2.24, 2.45) is 0 Å². The molecule has 1 nitrogen and oxygen atoms in total. The van der Waals surface area contributed by atoms with Gasteiger partial charge in [-0.1, -0.05) is 37.6 Å². The Hall–Kier alpha value is -2.01. The molecule has 0 radical (unpaired) electrons. The van der Waals surface area contributed by atoms with E-state index in [0.29, 0.717) is 13.5 Å². The van der Waals surface area contributed by atoms with Gasteiger partial charge in [-0.3, -0.25) is 0 Å². The molecule has 1 unspecified atom stereocenters. The maximum Gasteiger partial charge on any atom is 0.460 e. The summed E-state index contributed by atoms with van der Waals surface area (Å²) < 4.78 is 233. The maximum absolute atomic E-state index is 14.4. The van der Waals surface area contributed by atoms with Crippen molar-refractivity contribution in [2.75, 3.05) is 7.11 Å². The van der Waals surface area contributed by atoms with Crippen LogP contribution in [0.1, 0.15) is 37.0 Å². The van der Waals surface area contributed by atoms with Crippen LogP contribution in [0.2, 0.25) is 0 Å². The molecule has 0 amide bonds. The summed E-state index contributed by atoms with van der Waals surface area (Å²) in [6.45, 7) is 1.56. The number of methoxy groups -OCH3 is 1. The first-order valence-corrected chi connectivity index (χ1v) is 10.0. The van der Waals surface area contributed by atoms with Crippen molar-refractivity contribution in [3.05, 3.63) is 35.4 Å². The van der Waals surface area contributed by atoms with Crippen LogP contribution in [-0.2, 0) is 11.2 Å². The number of hydrogen-bond acceptors (Lipinski definition) is 1. The number of rotatable bonds is 12. The van der Waals surface area contributed by atoms with Gasteiger partial charge in [0, 0.05) is 13.5 Å². The second-order valence-electron chi connectivity index (χ2n) is 8.03. The Morgan fingerprint density at radius 2 is 1.00 bits per heavy atom. The summed E-state index contributed by atoms with van der Waals surface area (Å²) in [7, 11) is 0.572. The minimum absolute atomic E-state index is 0.0565. The topological polar surface area (TPSA) is 9.23 Å². The second kappa shape index (κ2) is 10.2. The number of hydrogen-bond donors (Lipinski definition) is 0. The van der Waals surface area contributed by atoms with Crippen LogP contribution in [-0.4, -0.2) is 54.7 Å². The lowest BCUT2D eigenvalue weighted by Crippen LogP contribution is -2.74. The monoisotopic (exact) mass is 596 g/mol. The zero-order valence-electron chi connectivity index (χ0n) is 18.8. The van der Waals surface area contributed by atoms with Gasteiger partial charge < -0.3 is 4.74 Å². The quantitative estimate of drug-likeness (QED) is 0.220. The van der Waals surface area contributed by atoms with Crippen molar-refractivity contribution in [3.63, 3.8) is 0 Å². The fourth-order valence-electron chi connectivity index (χ4n) is 3.22. The van der Waals surface area contributed by atoms with Crippen LogP contribution in [0.4, 0.5) is 74.6 Å². The minimum Gasteiger partial charge on any atom is -0.377 e. The number of alkyl halides is 17. The molecule has 0 bridgehead atoms. The van der Waals surface area contributed by atoms with Crippen molar-refractivity contribution in [1.29, 1.82) is 0 Å². The third-order valence-corrected chi connectivity index (χ3v) is 5.43. The summed E-state index contributed by atoms with van der Waals surface area (Å²) in [6.07, 6.45) is -12.4. The zero-order valence-corrected chi connectivity index (χ0v) is 18.8. The molecular formula is C20H17F17O. The van der Waals surface area contributed by atoms with E-state index in [9.17, 15) is 74.6 Å². The van der Waals surface area contributed by atoms with Crippen LogP contribution < -0.4 is 0 Å². The lowest BCUT2D eigenvalue weighted by atomic mass is 9.86. The smallest absolute Gasteiger partial charge is 0.377 e. The van der Waals surface area contributed by atoms with Gasteiger partial charge in [0.2, 0.25) is 0 Å². The van der Waals surface area contributed by atoms with Crippen molar-refractivity contribution in [2.45, 2.75) is 79.9 Å². The average molecular weight is 596 g/mol. The first-order chi connectivity index (χ1) is 16.7. The predicted molar refractivity (Wildman–Crippen MR) is 95.5 cm³/mol. The van der Waals surface area contributed by atoms with Crippen molar-refractivity contribution in [1.82, 2.24) is 0 Å². The molecule has 1 aromatic rings. The first kappa shape index (κ1) is 34.0. The van der Waals surface area contributed by atoms with Crippen LogP contribution in [0.5, 0.6) is 0 Å². The van der Waals surface area contributed by atoms with Gasteiger partial charge in [-0.2, -0.15) is 74.6 Å². The van der Waals surface area contributed by atoms with Crippen LogP contribution >= 0.6 is 0 Å². The van der Waals surface area contributed by atoms with Gasteiger partial charge in [0.1, 0.15) is 0 Å². The second-order valence-corrected chi connectivity index (χ2v) is 8.03. The van der Waals surface area contributed by atoms with Crippen molar-refractivity contribution < 1.29 is 79.4 Å². The first-order valence-electron chi connectivity index (χ1n) is 10.0. The third-order valence-electron chi connectivity index (χ3n) is 5.43. The van der Waals surface area contributed by atoms with E-state index in [0.717, 1.165) is 12.1 Å². The Labute approximate surface area is 202 Å². The van der Waals surface area contributed by atoms with E-state index in [2.05, 4.69) is 4.74 Å². The van der Waals surface area contributed by atoms with E-state index in [1.807, 2.05) is 0 Å². The Morgan fingerprint density at radius 3 is 1.39 bits per heavy atom. The largest absolute Gasteiger partial charge is 0.460 e. The molecule has 222 valence electrons. The molecule has 0 spiro atoms. The minimum atomic E-state index is -8.64. The fraction of sp³-hybridized carbons (Fsp3) is 0.700. The number of benzene rings is 1. The number of ether oxygens (including phenoxy) is 1. The molecule has 1 atom stereocenters. The van der Waals surface area contributed by atoms with E-state index in [4.69, 9.17) is 0 Å². The van der Waals surface area contributed by atoms with Gasteiger partial charge in [-0.25, -0.2) is 0 Å². The molecule has 1 rings (SSSR count). The molecule has 0 aliphatic heterocycles. The Bertz CT molecular complexity index is 951. The Kier molecular flexibility index (Phi) is 9.12. The highest BCUT2D eigenvalue weighted by atomic mass is 19.4.